The first-order valence-corrected chi connectivity index (χ1v) is 29.5. The van der Waals surface area contributed by atoms with Gasteiger partial charge in [0.1, 0.15) is 11.6 Å². The molecule has 2 saturated heterocycles. The molecule has 0 atom stereocenters. The monoisotopic (exact) mass is 1090 g/mol. The van der Waals surface area contributed by atoms with Crippen molar-refractivity contribution in [3.05, 3.63) is 194 Å². The van der Waals surface area contributed by atoms with Crippen LogP contribution in [0.3, 0.4) is 0 Å². The highest BCUT2D eigenvalue weighted by atomic mass is 35.7. The van der Waals surface area contributed by atoms with E-state index in [4.69, 9.17) is 10.7 Å². The number of Topliss-reactive ketones (excluding diaryl/α,β-unsaturated/α-hetero) is 2. The van der Waals surface area contributed by atoms with Crippen molar-refractivity contribution in [2.45, 2.75) is 35.5 Å². The van der Waals surface area contributed by atoms with Gasteiger partial charge in [-0.05, 0) is 89.6 Å². The molecule has 0 aliphatic carbocycles. The number of anilines is 4. The van der Waals surface area contributed by atoms with Crippen molar-refractivity contribution in [3.63, 3.8) is 0 Å². The van der Waals surface area contributed by atoms with Crippen LogP contribution >= 0.6 is 10.7 Å². The summed E-state index contributed by atoms with van der Waals surface area (Å²) in [7, 11) is 1.35. The summed E-state index contributed by atoms with van der Waals surface area (Å²) in [5, 5.41) is 6.10. The fourth-order valence-corrected chi connectivity index (χ4v) is 12.0. The molecule has 6 aromatic carbocycles. The summed E-state index contributed by atoms with van der Waals surface area (Å²) in [4.78, 5) is 42.7. The summed E-state index contributed by atoms with van der Waals surface area (Å²) in [6.45, 7) is 8.66. The van der Waals surface area contributed by atoms with Gasteiger partial charge in [0.15, 0.2) is 0 Å². The summed E-state index contributed by atoms with van der Waals surface area (Å²) in [6.07, 6.45) is 8.91. The molecule has 0 radical (unpaired) electrons. The Kier molecular flexibility index (Phi) is 19.4. The smallest absolute Gasteiger partial charge is 0.261 e. The molecule has 0 amide bonds. The first kappa shape index (κ1) is 56.0. The van der Waals surface area contributed by atoms with E-state index in [1.54, 1.807) is 30.3 Å². The maximum Gasteiger partial charge on any atom is 0.261 e. The van der Waals surface area contributed by atoms with E-state index in [-0.39, 0.29) is 40.7 Å². The number of carbonyl (C=O) groups is 2. The van der Waals surface area contributed by atoms with E-state index in [2.05, 4.69) is 83.4 Å². The van der Waals surface area contributed by atoms with Crippen LogP contribution in [-0.2, 0) is 41.5 Å². The maximum absolute atomic E-state index is 13.2. The third-order valence-electron chi connectivity index (χ3n) is 13.8. The number of nitrogens with zero attached hydrogens (tertiary/aromatic N) is 7. The molecule has 2 fully saturated rings. The van der Waals surface area contributed by atoms with Gasteiger partial charge in [-0.2, -0.15) is 0 Å². The molecule has 0 saturated carbocycles. The fourth-order valence-electron chi connectivity index (χ4n) is 9.50. The summed E-state index contributed by atoms with van der Waals surface area (Å²) in [5.74, 6) is 0.303. The number of sulfonamides is 1. The molecule has 0 unspecified atom stereocenters. The van der Waals surface area contributed by atoms with Gasteiger partial charge in [-0.25, -0.2) is 21.1 Å². The Morgan fingerprint density at radius 1 is 0.494 bits per heavy atom. The number of aromatic nitrogens is 2. The van der Waals surface area contributed by atoms with Gasteiger partial charge >= 0.3 is 0 Å². The summed E-state index contributed by atoms with van der Waals surface area (Å²) >= 11 is 0. The van der Waals surface area contributed by atoms with Crippen LogP contribution in [0, 0.1) is 0 Å². The first-order valence-electron chi connectivity index (χ1n) is 25.8. The molecular weight excluding hydrogens is 1030 g/mol. The third kappa shape index (κ3) is 15.3. The number of pyridine rings is 2. The van der Waals surface area contributed by atoms with Gasteiger partial charge < -0.3 is 24.9 Å². The lowest BCUT2D eigenvalue weighted by molar-refractivity contribution is -0.119. The van der Waals surface area contributed by atoms with Crippen LogP contribution in [0.4, 0.5) is 22.7 Å². The molecule has 17 heteroatoms. The minimum Gasteiger partial charge on any atom is -0.368 e. The molecule has 2 aromatic heterocycles. The van der Waals surface area contributed by atoms with E-state index in [1.165, 1.54) is 34.5 Å². The molecule has 14 nitrogen and oxygen atoms in total. The minimum atomic E-state index is -3.70. The molecule has 77 heavy (non-hydrogen) atoms. The zero-order valence-corrected chi connectivity index (χ0v) is 45.9. The van der Waals surface area contributed by atoms with E-state index in [9.17, 15) is 26.4 Å². The number of carbonyl (C=O) groups excluding carboxylic acids is 2. The Balaban J connectivity index is 0.000000171. The minimum absolute atomic E-state index is 0.0173. The van der Waals surface area contributed by atoms with Gasteiger partial charge in [-0.3, -0.25) is 19.6 Å². The number of ketones is 2. The second-order valence-electron chi connectivity index (χ2n) is 18.9. The Bertz CT molecular complexity index is 3420. The van der Waals surface area contributed by atoms with Crippen molar-refractivity contribution >= 4 is 85.6 Å². The van der Waals surface area contributed by atoms with Crippen molar-refractivity contribution in [1.82, 2.24) is 19.6 Å². The fraction of sp³-hybridized carbons (Fsp3) is 0.267. The Morgan fingerprint density at radius 3 is 1.27 bits per heavy atom. The van der Waals surface area contributed by atoms with E-state index < -0.39 is 19.1 Å². The number of nitrogens with one attached hydrogen (secondary N) is 1. The SMILES string of the molecule is CN(CCC(=O)Cc1ccc(N2CCN(c3ccncc3)CC2)cc1)S(=O)(=O)c1cccc2ccccc12.CNCCC(=O)Cc1ccc(N2CCN(c3ccncc3)CC2)cc1.O=S(=O)(Cl)c1cccc2ccccc12. The van der Waals surface area contributed by atoms with Crippen molar-refractivity contribution in [2.75, 3.05) is 99.1 Å². The molecule has 4 heterocycles. The maximum atomic E-state index is 13.2. The molecule has 8 aromatic rings. The van der Waals surface area contributed by atoms with Gasteiger partial charge in [0, 0.05) is 167 Å². The van der Waals surface area contributed by atoms with Gasteiger partial charge in [0.2, 0.25) is 10.0 Å². The van der Waals surface area contributed by atoms with E-state index in [1.807, 2.05) is 105 Å². The van der Waals surface area contributed by atoms with Gasteiger partial charge in [0.05, 0.1) is 9.79 Å². The number of fused-ring (bicyclic) bond motifs is 2. The van der Waals surface area contributed by atoms with E-state index >= 15 is 0 Å². The van der Waals surface area contributed by atoms with Crippen molar-refractivity contribution in [2.24, 2.45) is 0 Å². The Labute approximate surface area is 457 Å². The number of rotatable bonds is 17. The predicted molar refractivity (Wildman–Crippen MR) is 312 cm³/mol. The Hall–Kier alpha value is -7.21. The second-order valence-corrected chi connectivity index (χ2v) is 23.5. The van der Waals surface area contributed by atoms with Crippen LogP contribution in [-0.4, -0.2) is 122 Å². The van der Waals surface area contributed by atoms with Gasteiger partial charge in [0.25, 0.3) is 9.05 Å². The lowest BCUT2D eigenvalue weighted by Gasteiger charge is -2.37. The van der Waals surface area contributed by atoms with Crippen LogP contribution < -0.4 is 24.9 Å². The quantitative estimate of drug-likeness (QED) is 0.0862. The number of piperazine rings is 2. The van der Waals surface area contributed by atoms with E-state index in [0.29, 0.717) is 23.6 Å². The molecule has 2 aliphatic heterocycles. The highest BCUT2D eigenvalue weighted by molar-refractivity contribution is 8.14. The summed E-state index contributed by atoms with van der Waals surface area (Å²) in [5.41, 5.74) is 6.86. The zero-order valence-electron chi connectivity index (χ0n) is 43.5. The van der Waals surface area contributed by atoms with Gasteiger partial charge in [-0.1, -0.05) is 97.1 Å². The lowest BCUT2D eigenvalue weighted by Crippen LogP contribution is -2.46. The molecule has 0 spiro atoms. The van der Waals surface area contributed by atoms with Crippen molar-refractivity contribution in [3.8, 4) is 0 Å². The highest BCUT2D eigenvalue weighted by Crippen LogP contribution is 2.28. The average molecular weight is 1090 g/mol. The highest BCUT2D eigenvalue weighted by Gasteiger charge is 2.24. The van der Waals surface area contributed by atoms with Crippen LogP contribution in [0.1, 0.15) is 24.0 Å². The normalized spacial score (nSPS) is 13.9. The summed E-state index contributed by atoms with van der Waals surface area (Å²) < 4.78 is 50.1. The topological polar surface area (TPSA) is 156 Å². The third-order valence-corrected chi connectivity index (χ3v) is 17.1. The molecule has 400 valence electrons. The number of benzene rings is 6. The molecule has 10 rings (SSSR count). The van der Waals surface area contributed by atoms with Crippen LogP contribution in [0.25, 0.3) is 21.5 Å². The molecule has 2 aliphatic rings. The van der Waals surface area contributed by atoms with Gasteiger partial charge in [-0.15, -0.1) is 0 Å². The molecule has 1 N–H and O–H groups in total. The first-order chi connectivity index (χ1) is 37.3. The second kappa shape index (κ2) is 26.7. The number of hydrogen-bond donors (Lipinski definition) is 1. The molecular formula is C60H65ClN8O6S2. The number of hydrogen-bond acceptors (Lipinski definition) is 13. The average Bonchev–Trinajstić information content (AvgIpc) is 3.47. The Morgan fingerprint density at radius 2 is 0.857 bits per heavy atom. The van der Waals surface area contributed by atoms with E-state index in [0.717, 1.165) is 86.5 Å². The van der Waals surface area contributed by atoms with Crippen LogP contribution in [0.5, 0.6) is 0 Å². The van der Waals surface area contributed by atoms with Crippen molar-refractivity contribution < 1.29 is 26.4 Å². The standard InChI is InChI=1S/C30H32N4O3S.C20H26N4O.C10H7ClO2S/c1-32(38(36,37)30-8-4-6-25-5-2-3-7-29(25)30)18-15-28(35)23-24-9-11-26(12-10-24)33-19-21-34(22-20-33)27-13-16-31-17-14-27;1-21-9-8-20(25)16-17-2-4-18(5-3-17)23-12-14-24(15-13-23)19-6-10-22-11-7-19;11-14(12,13)10-7-3-5-8-4-1-2-6-9(8)10/h2-14,16-17H,15,18-23H2,1H3;2-7,10-11,21H,8-9,12-16H2,1H3;1-7H. The summed E-state index contributed by atoms with van der Waals surface area (Å²) in [6, 6.07) is 49.8. The molecule has 0 bridgehead atoms. The predicted octanol–water partition coefficient (Wildman–Crippen LogP) is 9.28. The largest absolute Gasteiger partial charge is 0.368 e. The lowest BCUT2D eigenvalue weighted by atomic mass is 10.1. The number of halogens is 1. The van der Waals surface area contributed by atoms with Crippen LogP contribution in [0.15, 0.2) is 192 Å². The van der Waals surface area contributed by atoms with Crippen molar-refractivity contribution in [1.29, 1.82) is 0 Å². The van der Waals surface area contributed by atoms with Crippen LogP contribution in [0.2, 0.25) is 0 Å². The zero-order chi connectivity index (χ0) is 54.2.